The summed E-state index contributed by atoms with van der Waals surface area (Å²) in [5.41, 5.74) is 4.91. The molecule has 3 N–H and O–H groups in total. The van der Waals surface area contributed by atoms with E-state index in [1.807, 2.05) is 42.5 Å². The van der Waals surface area contributed by atoms with Crippen LogP contribution in [0.2, 0.25) is 0 Å². The summed E-state index contributed by atoms with van der Waals surface area (Å²) in [6.07, 6.45) is 0. The van der Waals surface area contributed by atoms with Gasteiger partial charge >= 0.3 is 0 Å². The van der Waals surface area contributed by atoms with Crippen molar-refractivity contribution in [3.05, 3.63) is 66.2 Å². The van der Waals surface area contributed by atoms with Crippen LogP contribution in [0.3, 0.4) is 0 Å². The normalized spacial score (nSPS) is 10.8. The predicted molar refractivity (Wildman–Crippen MR) is 119 cm³/mol. The molecular formula is C24H24N2O4. The molecule has 4 rings (SSSR count). The maximum Gasteiger partial charge on any atom is 0.203 e. The van der Waals surface area contributed by atoms with Crippen molar-refractivity contribution in [2.24, 2.45) is 0 Å². The number of H-pyrrole nitrogens is 1. The Morgan fingerprint density at radius 3 is 2.17 bits per heavy atom. The summed E-state index contributed by atoms with van der Waals surface area (Å²) in [5, 5.41) is 13.8. The number of para-hydroxylation sites is 1. The molecular weight excluding hydrogens is 380 g/mol. The highest BCUT2D eigenvalue weighted by atomic mass is 16.5. The van der Waals surface area contributed by atoms with Gasteiger partial charge in [0.05, 0.1) is 33.5 Å². The zero-order valence-electron chi connectivity index (χ0n) is 17.2. The van der Waals surface area contributed by atoms with Gasteiger partial charge in [0.25, 0.3) is 0 Å². The molecule has 1 heterocycles. The van der Waals surface area contributed by atoms with Gasteiger partial charge in [-0.15, -0.1) is 0 Å². The van der Waals surface area contributed by atoms with Crippen molar-refractivity contribution in [3.8, 4) is 28.4 Å². The average molecular weight is 404 g/mol. The van der Waals surface area contributed by atoms with Crippen LogP contribution in [0.5, 0.6) is 17.2 Å². The van der Waals surface area contributed by atoms with E-state index in [0.29, 0.717) is 17.2 Å². The van der Waals surface area contributed by atoms with Gasteiger partial charge in [-0.05, 0) is 17.2 Å². The Morgan fingerprint density at radius 1 is 0.867 bits per heavy atom. The van der Waals surface area contributed by atoms with Crippen LogP contribution in [0.1, 0.15) is 5.56 Å². The average Bonchev–Trinajstić information content (AvgIpc) is 3.20. The zero-order chi connectivity index (χ0) is 21.1. The van der Waals surface area contributed by atoms with Crippen LogP contribution in [0.4, 0.5) is 11.5 Å². The number of aromatic amines is 1. The minimum absolute atomic E-state index is 0.0375. The molecule has 0 aliphatic carbocycles. The van der Waals surface area contributed by atoms with Crippen molar-refractivity contribution in [2.45, 2.75) is 6.61 Å². The summed E-state index contributed by atoms with van der Waals surface area (Å²) in [6.45, 7) is 0.0375. The minimum atomic E-state index is 0.0375. The molecule has 0 spiro atoms. The van der Waals surface area contributed by atoms with Gasteiger partial charge < -0.3 is 29.6 Å². The van der Waals surface area contributed by atoms with E-state index in [9.17, 15) is 5.11 Å². The summed E-state index contributed by atoms with van der Waals surface area (Å²) in [4.78, 5) is 3.47. The molecule has 3 aromatic carbocycles. The van der Waals surface area contributed by atoms with E-state index in [-0.39, 0.29) is 6.61 Å². The van der Waals surface area contributed by atoms with Crippen molar-refractivity contribution in [1.82, 2.24) is 4.98 Å². The highest BCUT2D eigenvalue weighted by Gasteiger charge is 2.14. The second-order valence-electron chi connectivity index (χ2n) is 6.85. The van der Waals surface area contributed by atoms with Crippen molar-refractivity contribution < 1.29 is 19.3 Å². The lowest BCUT2D eigenvalue weighted by molar-refractivity contribution is 0.282. The number of benzene rings is 3. The third-order valence-corrected chi connectivity index (χ3v) is 5.05. The van der Waals surface area contributed by atoms with E-state index in [2.05, 4.69) is 28.5 Å². The Morgan fingerprint density at radius 2 is 1.57 bits per heavy atom. The molecule has 0 amide bonds. The Bertz CT molecular complexity index is 1140. The molecule has 0 saturated carbocycles. The lowest BCUT2D eigenvalue weighted by Crippen LogP contribution is -1.98. The smallest absolute Gasteiger partial charge is 0.203 e. The number of aliphatic hydroxyl groups is 1. The Hall–Kier alpha value is -3.64. The van der Waals surface area contributed by atoms with Crippen molar-refractivity contribution in [3.63, 3.8) is 0 Å². The van der Waals surface area contributed by atoms with E-state index in [1.165, 1.54) is 0 Å². The fourth-order valence-electron chi connectivity index (χ4n) is 3.56. The number of fused-ring (bicyclic) bond motifs is 1. The maximum atomic E-state index is 9.28. The topological polar surface area (TPSA) is 75.7 Å². The molecule has 6 heteroatoms. The van der Waals surface area contributed by atoms with Gasteiger partial charge in [0.1, 0.15) is 5.82 Å². The van der Waals surface area contributed by atoms with Crippen LogP contribution in [0, 0.1) is 0 Å². The lowest BCUT2D eigenvalue weighted by Gasteiger charge is -2.14. The Labute approximate surface area is 175 Å². The van der Waals surface area contributed by atoms with Crippen molar-refractivity contribution in [2.75, 3.05) is 26.6 Å². The van der Waals surface area contributed by atoms with Crippen LogP contribution in [-0.2, 0) is 6.61 Å². The number of hydrogen-bond acceptors (Lipinski definition) is 5. The Kier molecular flexibility index (Phi) is 5.50. The maximum absolute atomic E-state index is 9.28. The van der Waals surface area contributed by atoms with Crippen LogP contribution < -0.4 is 19.5 Å². The summed E-state index contributed by atoms with van der Waals surface area (Å²) < 4.78 is 16.3. The second-order valence-corrected chi connectivity index (χ2v) is 6.85. The van der Waals surface area contributed by atoms with Crippen molar-refractivity contribution >= 4 is 22.4 Å². The summed E-state index contributed by atoms with van der Waals surface area (Å²) in [5.74, 6) is 2.56. The molecule has 0 fully saturated rings. The number of ether oxygens (including phenoxy) is 3. The minimum Gasteiger partial charge on any atom is -0.493 e. The number of methoxy groups -OCH3 is 3. The number of aliphatic hydroxyl groups excluding tert-OH is 1. The summed E-state index contributed by atoms with van der Waals surface area (Å²) >= 11 is 0. The van der Waals surface area contributed by atoms with Crippen LogP contribution >= 0.6 is 0 Å². The molecule has 154 valence electrons. The molecule has 0 aliphatic rings. The first-order valence-corrected chi connectivity index (χ1v) is 9.55. The number of anilines is 2. The number of nitrogens with one attached hydrogen (secondary N) is 2. The lowest BCUT2D eigenvalue weighted by atomic mass is 10.0. The fourth-order valence-corrected chi connectivity index (χ4v) is 3.56. The monoisotopic (exact) mass is 404 g/mol. The van der Waals surface area contributed by atoms with Crippen LogP contribution in [-0.4, -0.2) is 31.4 Å². The quantitative estimate of drug-likeness (QED) is 0.400. The van der Waals surface area contributed by atoms with E-state index < -0.39 is 0 Å². The number of rotatable bonds is 7. The van der Waals surface area contributed by atoms with Crippen LogP contribution in [0.15, 0.2) is 60.7 Å². The van der Waals surface area contributed by atoms with Gasteiger partial charge in [-0.1, -0.05) is 42.5 Å². The highest BCUT2D eigenvalue weighted by Crippen LogP contribution is 2.41. The van der Waals surface area contributed by atoms with Gasteiger partial charge in [-0.25, -0.2) is 0 Å². The first-order valence-electron chi connectivity index (χ1n) is 9.55. The summed E-state index contributed by atoms with van der Waals surface area (Å²) in [7, 11) is 4.77. The number of aromatic nitrogens is 1. The van der Waals surface area contributed by atoms with Gasteiger partial charge in [-0.3, -0.25) is 0 Å². The standard InChI is InChI=1S/C24H24N2O4/c1-28-20-12-18(13-21(29-2)24(20)30-3)25-22-11-17-5-4-6-19(23(17)26-22)16-9-7-15(14-27)8-10-16/h4-13,25-27H,14H2,1-3H3. The third-order valence-electron chi connectivity index (χ3n) is 5.05. The third kappa shape index (κ3) is 3.65. The molecule has 30 heavy (non-hydrogen) atoms. The van der Waals surface area contributed by atoms with Gasteiger partial charge in [-0.2, -0.15) is 0 Å². The molecule has 1 aromatic heterocycles. The van der Waals surface area contributed by atoms with Gasteiger partial charge in [0, 0.05) is 28.8 Å². The first kappa shape index (κ1) is 19.7. The number of hydrogen-bond donors (Lipinski definition) is 3. The molecule has 0 bridgehead atoms. The van der Waals surface area contributed by atoms with E-state index in [0.717, 1.165) is 39.1 Å². The molecule has 0 saturated heterocycles. The largest absolute Gasteiger partial charge is 0.493 e. The molecule has 0 radical (unpaired) electrons. The van der Waals surface area contributed by atoms with Crippen LogP contribution in [0.25, 0.3) is 22.0 Å². The molecule has 6 nitrogen and oxygen atoms in total. The SMILES string of the molecule is COc1cc(Nc2cc3cccc(-c4ccc(CO)cc4)c3[nH]2)cc(OC)c1OC. The van der Waals surface area contributed by atoms with E-state index in [4.69, 9.17) is 14.2 Å². The van der Waals surface area contributed by atoms with Gasteiger partial charge in [0.15, 0.2) is 11.5 Å². The van der Waals surface area contributed by atoms with E-state index >= 15 is 0 Å². The first-order chi connectivity index (χ1) is 14.7. The highest BCUT2D eigenvalue weighted by molar-refractivity contribution is 5.96. The summed E-state index contributed by atoms with van der Waals surface area (Å²) in [6, 6.07) is 19.9. The second kappa shape index (κ2) is 8.39. The molecule has 0 aliphatic heterocycles. The van der Waals surface area contributed by atoms with E-state index in [1.54, 1.807) is 21.3 Å². The fraction of sp³-hybridized carbons (Fsp3) is 0.167. The van der Waals surface area contributed by atoms with Crippen molar-refractivity contribution in [1.29, 1.82) is 0 Å². The molecule has 0 unspecified atom stereocenters. The zero-order valence-corrected chi connectivity index (χ0v) is 17.2. The molecule has 0 atom stereocenters. The Balaban J connectivity index is 1.71. The van der Waals surface area contributed by atoms with Gasteiger partial charge in [0.2, 0.25) is 5.75 Å². The molecule has 4 aromatic rings. The predicted octanol–water partition coefficient (Wildman–Crippen LogP) is 5.10.